The van der Waals surface area contributed by atoms with E-state index in [1.807, 2.05) is 35.3 Å². The van der Waals surface area contributed by atoms with Gasteiger partial charge in [0.15, 0.2) is 5.82 Å². The molecule has 1 aromatic rings. The van der Waals surface area contributed by atoms with E-state index in [2.05, 4.69) is 15.5 Å². The van der Waals surface area contributed by atoms with E-state index in [9.17, 15) is 0 Å². The summed E-state index contributed by atoms with van der Waals surface area (Å²) >= 11 is 5.87. The number of nitrogens with one attached hydrogen (secondary N) is 1. The van der Waals surface area contributed by atoms with Crippen LogP contribution in [-0.2, 0) is 0 Å². The molecule has 1 aromatic heterocycles. The number of hydrogen-bond donors (Lipinski definition) is 1. The first-order valence-corrected chi connectivity index (χ1v) is 9.13. The Hall–Kier alpha value is 0.150. The summed E-state index contributed by atoms with van der Waals surface area (Å²) in [5, 5.41) is 7.99. The smallest absolute Gasteiger partial charge is 0.244 e. The van der Waals surface area contributed by atoms with Gasteiger partial charge in [0, 0.05) is 35.3 Å². The zero-order valence-corrected chi connectivity index (χ0v) is 11.9. The highest BCUT2D eigenvalue weighted by Gasteiger charge is 2.25. The van der Waals surface area contributed by atoms with Crippen molar-refractivity contribution in [3.8, 4) is 0 Å². The van der Waals surface area contributed by atoms with Gasteiger partial charge in [-0.25, -0.2) is 0 Å². The predicted octanol–water partition coefficient (Wildman–Crippen LogP) is 1.97. The van der Waals surface area contributed by atoms with E-state index in [4.69, 9.17) is 4.52 Å². The highest BCUT2D eigenvalue weighted by atomic mass is 32.2. The maximum Gasteiger partial charge on any atom is 0.244 e. The number of hydrogen-bond acceptors (Lipinski definition) is 7. The van der Waals surface area contributed by atoms with Crippen molar-refractivity contribution in [1.82, 2.24) is 15.5 Å². The van der Waals surface area contributed by atoms with E-state index < -0.39 is 0 Å². The molecule has 2 aliphatic heterocycles. The van der Waals surface area contributed by atoms with Crippen molar-refractivity contribution in [2.45, 2.75) is 11.3 Å². The Balaban J connectivity index is 1.68. The summed E-state index contributed by atoms with van der Waals surface area (Å²) in [6.07, 6.45) is 0. The van der Waals surface area contributed by atoms with Crippen LogP contribution < -0.4 is 5.32 Å². The van der Waals surface area contributed by atoms with E-state index in [-0.39, 0.29) is 6.04 Å². The van der Waals surface area contributed by atoms with Crippen LogP contribution in [0.3, 0.4) is 0 Å². The minimum Gasteiger partial charge on any atom is -0.338 e. The molecule has 2 aliphatic rings. The van der Waals surface area contributed by atoms with Crippen LogP contribution in [-0.4, -0.2) is 45.4 Å². The zero-order valence-electron chi connectivity index (χ0n) is 9.42. The molecule has 17 heavy (non-hydrogen) atoms. The van der Waals surface area contributed by atoms with Crippen molar-refractivity contribution >= 4 is 35.3 Å². The van der Waals surface area contributed by atoms with Gasteiger partial charge in [0.1, 0.15) is 0 Å². The summed E-state index contributed by atoms with van der Waals surface area (Å²) in [7, 11) is 0. The van der Waals surface area contributed by atoms with Crippen molar-refractivity contribution in [3.05, 3.63) is 11.7 Å². The second-order valence-electron chi connectivity index (χ2n) is 4.01. The average molecular weight is 289 g/mol. The Morgan fingerprint density at radius 2 is 2.12 bits per heavy atom. The third-order valence-corrected chi connectivity index (χ3v) is 6.59. The Labute approximate surface area is 113 Å². The van der Waals surface area contributed by atoms with Gasteiger partial charge in [-0.1, -0.05) is 5.16 Å². The van der Waals surface area contributed by atoms with Crippen LogP contribution in [0.1, 0.15) is 23.0 Å². The van der Waals surface area contributed by atoms with E-state index in [0.29, 0.717) is 5.25 Å². The van der Waals surface area contributed by atoms with Crippen LogP contribution in [0.2, 0.25) is 0 Å². The molecule has 94 valence electrons. The maximum absolute atomic E-state index is 5.40. The van der Waals surface area contributed by atoms with Gasteiger partial charge in [0.25, 0.3) is 0 Å². The van der Waals surface area contributed by atoms with Crippen LogP contribution in [0.25, 0.3) is 0 Å². The van der Waals surface area contributed by atoms with Gasteiger partial charge in [-0.05, 0) is 0 Å². The summed E-state index contributed by atoms with van der Waals surface area (Å²) in [4.78, 5) is 4.57. The van der Waals surface area contributed by atoms with E-state index >= 15 is 0 Å². The summed E-state index contributed by atoms with van der Waals surface area (Å²) in [5.74, 6) is 7.40. The first kappa shape index (κ1) is 12.2. The molecular weight excluding hydrogens is 274 g/mol. The van der Waals surface area contributed by atoms with Gasteiger partial charge in [-0.3, -0.25) is 0 Å². The molecule has 0 amide bonds. The van der Waals surface area contributed by atoms with Gasteiger partial charge in [-0.15, -0.1) is 11.8 Å². The number of aromatic nitrogens is 2. The molecule has 4 nitrogen and oxygen atoms in total. The molecule has 0 bridgehead atoms. The predicted molar refractivity (Wildman–Crippen MR) is 74.9 cm³/mol. The Kier molecular flexibility index (Phi) is 4.20. The Morgan fingerprint density at radius 1 is 1.18 bits per heavy atom. The van der Waals surface area contributed by atoms with Crippen molar-refractivity contribution in [2.24, 2.45) is 0 Å². The molecule has 0 radical (unpaired) electrons. The summed E-state index contributed by atoms with van der Waals surface area (Å²) in [6.45, 7) is 1.03. The van der Waals surface area contributed by atoms with Crippen LogP contribution in [0.4, 0.5) is 0 Å². The summed E-state index contributed by atoms with van der Waals surface area (Å²) in [6, 6.07) is 0.247. The molecule has 0 saturated carbocycles. The van der Waals surface area contributed by atoms with Gasteiger partial charge < -0.3 is 9.84 Å². The van der Waals surface area contributed by atoms with Crippen molar-refractivity contribution in [3.63, 3.8) is 0 Å². The third kappa shape index (κ3) is 2.94. The lowest BCUT2D eigenvalue weighted by Gasteiger charge is -2.19. The summed E-state index contributed by atoms with van der Waals surface area (Å²) < 4.78 is 5.40. The molecule has 0 aromatic carbocycles. The van der Waals surface area contributed by atoms with Gasteiger partial charge in [0.05, 0.1) is 11.3 Å². The molecule has 2 atom stereocenters. The lowest BCUT2D eigenvalue weighted by atomic mass is 10.3. The van der Waals surface area contributed by atoms with E-state index in [0.717, 1.165) is 29.8 Å². The highest BCUT2D eigenvalue weighted by Crippen LogP contribution is 2.35. The second kappa shape index (κ2) is 5.86. The van der Waals surface area contributed by atoms with Crippen molar-refractivity contribution in [1.29, 1.82) is 0 Å². The molecule has 7 heteroatoms. The van der Waals surface area contributed by atoms with Gasteiger partial charge in [-0.2, -0.15) is 28.5 Å². The van der Waals surface area contributed by atoms with Crippen LogP contribution in [0.5, 0.6) is 0 Å². The largest absolute Gasteiger partial charge is 0.338 e. The minimum atomic E-state index is 0.247. The molecule has 0 aliphatic carbocycles. The second-order valence-corrected chi connectivity index (χ2v) is 7.62. The first-order valence-electron chi connectivity index (χ1n) is 5.77. The number of thioether (sulfide) groups is 3. The minimum absolute atomic E-state index is 0.247. The molecule has 1 N–H and O–H groups in total. The molecule has 3 rings (SSSR count). The lowest BCUT2D eigenvalue weighted by molar-refractivity contribution is 0.339. The number of nitrogens with zero attached hydrogens (tertiary/aromatic N) is 2. The summed E-state index contributed by atoms with van der Waals surface area (Å²) in [5.41, 5.74) is 0. The first-order chi connectivity index (χ1) is 8.43. The van der Waals surface area contributed by atoms with E-state index in [1.165, 1.54) is 17.3 Å². The average Bonchev–Trinajstić information content (AvgIpc) is 2.90. The zero-order chi connectivity index (χ0) is 11.5. The molecule has 2 saturated heterocycles. The van der Waals surface area contributed by atoms with Crippen LogP contribution in [0, 0.1) is 0 Å². The van der Waals surface area contributed by atoms with Gasteiger partial charge in [0.2, 0.25) is 5.89 Å². The fourth-order valence-corrected chi connectivity index (χ4v) is 5.39. The van der Waals surface area contributed by atoms with E-state index in [1.54, 1.807) is 0 Å². The Morgan fingerprint density at radius 3 is 2.88 bits per heavy atom. The normalized spacial score (nSPS) is 30.4. The topological polar surface area (TPSA) is 51.0 Å². The molecule has 0 spiro atoms. The standard InChI is InChI=1S/C10H15N3OS3/c1-2-15-5-7(11-1)10-12-9(13-14-10)8-6-16-3-4-17-8/h7-8,11H,1-6H2. The molecule has 2 unspecified atom stereocenters. The molecule has 3 heterocycles. The monoisotopic (exact) mass is 289 g/mol. The SMILES string of the molecule is C1CSCC(c2nc(C3CSCCS3)no2)N1. The Bertz CT molecular complexity index is 329. The fourth-order valence-electron chi connectivity index (χ4n) is 1.88. The third-order valence-electron chi connectivity index (χ3n) is 2.78. The molecular formula is C10H15N3OS3. The van der Waals surface area contributed by atoms with Crippen LogP contribution in [0.15, 0.2) is 4.52 Å². The highest BCUT2D eigenvalue weighted by molar-refractivity contribution is 8.06. The maximum atomic E-state index is 5.40. The number of rotatable bonds is 2. The van der Waals surface area contributed by atoms with Crippen molar-refractivity contribution in [2.75, 3.05) is 35.3 Å². The molecule has 2 fully saturated rings. The lowest BCUT2D eigenvalue weighted by Crippen LogP contribution is -2.30. The fraction of sp³-hybridized carbons (Fsp3) is 0.800. The van der Waals surface area contributed by atoms with Crippen molar-refractivity contribution < 1.29 is 4.52 Å². The van der Waals surface area contributed by atoms with Crippen LogP contribution >= 0.6 is 35.3 Å². The van der Waals surface area contributed by atoms with Gasteiger partial charge >= 0.3 is 0 Å². The quantitative estimate of drug-likeness (QED) is 0.893.